The Hall–Kier alpha value is -1.79. The first-order valence-electron chi connectivity index (χ1n) is 7.39. The SMILES string of the molecule is COCCn1c(SCc2ccc(C(=O)OC)cc2)nc(C)c1C. The van der Waals surface area contributed by atoms with E-state index in [9.17, 15) is 4.79 Å². The summed E-state index contributed by atoms with van der Waals surface area (Å²) in [6, 6.07) is 7.47. The first-order chi connectivity index (χ1) is 11.1. The van der Waals surface area contributed by atoms with Crippen LogP contribution in [0.15, 0.2) is 29.4 Å². The van der Waals surface area contributed by atoms with Crippen LogP contribution in [-0.2, 0) is 21.8 Å². The number of aromatic nitrogens is 2. The van der Waals surface area contributed by atoms with Crippen molar-refractivity contribution in [3.05, 3.63) is 46.8 Å². The lowest BCUT2D eigenvalue weighted by Gasteiger charge is -2.09. The molecule has 124 valence electrons. The molecule has 0 unspecified atom stereocenters. The normalized spacial score (nSPS) is 10.8. The predicted octanol–water partition coefficient (Wildman–Crippen LogP) is 3.23. The molecule has 0 N–H and O–H groups in total. The molecule has 0 radical (unpaired) electrons. The fraction of sp³-hybridized carbons (Fsp3) is 0.412. The topological polar surface area (TPSA) is 53.4 Å². The minimum absolute atomic E-state index is 0.314. The zero-order chi connectivity index (χ0) is 16.8. The zero-order valence-corrected chi connectivity index (χ0v) is 14.8. The van der Waals surface area contributed by atoms with Crippen LogP contribution in [0.5, 0.6) is 0 Å². The average Bonchev–Trinajstić information content (AvgIpc) is 2.85. The van der Waals surface area contributed by atoms with E-state index in [0.29, 0.717) is 12.2 Å². The lowest BCUT2D eigenvalue weighted by atomic mass is 10.1. The van der Waals surface area contributed by atoms with Crippen molar-refractivity contribution >= 4 is 17.7 Å². The van der Waals surface area contributed by atoms with Gasteiger partial charge in [0, 0.05) is 25.1 Å². The second kappa shape index (κ2) is 8.17. The minimum atomic E-state index is -0.314. The molecule has 0 aliphatic heterocycles. The van der Waals surface area contributed by atoms with Gasteiger partial charge in [0.2, 0.25) is 0 Å². The Labute approximate surface area is 141 Å². The average molecular weight is 334 g/mol. The maximum atomic E-state index is 11.4. The monoisotopic (exact) mass is 334 g/mol. The molecule has 23 heavy (non-hydrogen) atoms. The van der Waals surface area contributed by atoms with Crippen molar-refractivity contribution in [2.45, 2.75) is 31.3 Å². The molecular weight excluding hydrogens is 312 g/mol. The first kappa shape index (κ1) is 17.6. The van der Waals surface area contributed by atoms with Gasteiger partial charge in [-0.15, -0.1) is 0 Å². The van der Waals surface area contributed by atoms with Crippen molar-refractivity contribution in [1.82, 2.24) is 9.55 Å². The molecule has 0 saturated heterocycles. The maximum absolute atomic E-state index is 11.4. The highest BCUT2D eigenvalue weighted by Crippen LogP contribution is 2.25. The summed E-state index contributed by atoms with van der Waals surface area (Å²) in [7, 11) is 3.09. The fourth-order valence-corrected chi connectivity index (χ4v) is 3.26. The Morgan fingerprint density at radius 1 is 1.22 bits per heavy atom. The molecular formula is C17H22N2O3S. The van der Waals surface area contributed by atoms with Crippen LogP contribution in [-0.4, -0.2) is 36.3 Å². The molecule has 0 amide bonds. The number of benzene rings is 1. The van der Waals surface area contributed by atoms with Crippen LogP contribution in [0.2, 0.25) is 0 Å². The summed E-state index contributed by atoms with van der Waals surface area (Å²) in [6.07, 6.45) is 0. The van der Waals surface area contributed by atoms with Crippen molar-refractivity contribution in [1.29, 1.82) is 0 Å². The van der Waals surface area contributed by atoms with Gasteiger partial charge in [-0.3, -0.25) is 0 Å². The summed E-state index contributed by atoms with van der Waals surface area (Å²) in [5.41, 5.74) is 3.92. The number of carbonyl (C=O) groups excluding carboxylic acids is 1. The van der Waals surface area contributed by atoms with Crippen molar-refractivity contribution in [2.75, 3.05) is 20.8 Å². The number of hydrogen-bond donors (Lipinski definition) is 0. The minimum Gasteiger partial charge on any atom is -0.465 e. The second-order valence-corrected chi connectivity index (χ2v) is 6.13. The standard InChI is InChI=1S/C17H22N2O3S/c1-12-13(2)19(9-10-21-3)17(18-12)23-11-14-5-7-15(8-6-14)16(20)22-4/h5-8H,9-11H2,1-4H3. The summed E-state index contributed by atoms with van der Waals surface area (Å²) in [6.45, 7) is 5.56. The highest BCUT2D eigenvalue weighted by atomic mass is 32.2. The number of nitrogens with zero attached hydrogens (tertiary/aromatic N) is 2. The van der Waals surface area contributed by atoms with Crippen molar-refractivity contribution in [3.63, 3.8) is 0 Å². The molecule has 1 aromatic heterocycles. The van der Waals surface area contributed by atoms with Crippen LogP contribution < -0.4 is 0 Å². The number of carbonyl (C=O) groups is 1. The summed E-state index contributed by atoms with van der Waals surface area (Å²) in [5.74, 6) is 0.482. The van der Waals surface area contributed by atoms with Crippen LogP contribution in [0.3, 0.4) is 0 Å². The largest absolute Gasteiger partial charge is 0.465 e. The lowest BCUT2D eigenvalue weighted by molar-refractivity contribution is 0.0600. The Kier molecular flexibility index (Phi) is 6.24. The molecule has 2 rings (SSSR count). The van der Waals surface area contributed by atoms with E-state index in [4.69, 9.17) is 9.47 Å². The van der Waals surface area contributed by atoms with Gasteiger partial charge in [-0.2, -0.15) is 0 Å². The van der Waals surface area contributed by atoms with E-state index in [1.807, 2.05) is 19.1 Å². The number of aryl methyl sites for hydroxylation is 1. The van der Waals surface area contributed by atoms with Crippen molar-refractivity contribution in [3.8, 4) is 0 Å². The molecule has 1 aromatic carbocycles. The van der Waals surface area contributed by atoms with Gasteiger partial charge in [-0.1, -0.05) is 23.9 Å². The molecule has 6 heteroatoms. The van der Waals surface area contributed by atoms with Gasteiger partial charge in [-0.05, 0) is 31.5 Å². The zero-order valence-electron chi connectivity index (χ0n) is 14.0. The Balaban J connectivity index is 2.05. The highest BCUT2D eigenvalue weighted by Gasteiger charge is 2.12. The fourth-order valence-electron chi connectivity index (χ4n) is 2.18. The third-order valence-corrected chi connectivity index (χ3v) is 4.73. The molecule has 2 aromatic rings. The van der Waals surface area contributed by atoms with Gasteiger partial charge in [0.25, 0.3) is 0 Å². The molecule has 0 atom stereocenters. The third-order valence-electron chi connectivity index (χ3n) is 3.68. The van der Waals surface area contributed by atoms with Crippen molar-refractivity contribution in [2.24, 2.45) is 0 Å². The summed E-state index contributed by atoms with van der Waals surface area (Å²) in [5, 5.41) is 0.995. The van der Waals surface area contributed by atoms with Crippen LogP contribution in [0.4, 0.5) is 0 Å². The highest BCUT2D eigenvalue weighted by molar-refractivity contribution is 7.98. The van der Waals surface area contributed by atoms with E-state index in [0.717, 1.165) is 28.7 Å². The number of methoxy groups -OCH3 is 2. The van der Waals surface area contributed by atoms with Crippen molar-refractivity contribution < 1.29 is 14.3 Å². The number of esters is 1. The smallest absolute Gasteiger partial charge is 0.337 e. The van der Waals surface area contributed by atoms with E-state index in [2.05, 4.69) is 16.5 Å². The maximum Gasteiger partial charge on any atom is 0.337 e. The molecule has 5 nitrogen and oxygen atoms in total. The summed E-state index contributed by atoms with van der Waals surface area (Å²) in [4.78, 5) is 16.1. The molecule has 0 saturated carbocycles. The molecule has 0 fully saturated rings. The van der Waals surface area contributed by atoms with Crippen LogP contribution in [0.1, 0.15) is 27.3 Å². The lowest BCUT2D eigenvalue weighted by Crippen LogP contribution is -2.07. The van der Waals surface area contributed by atoms with Crippen LogP contribution in [0.25, 0.3) is 0 Å². The molecule has 0 aliphatic rings. The Morgan fingerprint density at radius 2 is 1.91 bits per heavy atom. The summed E-state index contributed by atoms with van der Waals surface area (Å²) < 4.78 is 12.1. The van der Waals surface area contributed by atoms with Gasteiger partial charge in [0.1, 0.15) is 0 Å². The first-order valence-corrected chi connectivity index (χ1v) is 8.38. The van der Waals surface area contributed by atoms with Gasteiger partial charge < -0.3 is 14.0 Å². The quantitative estimate of drug-likeness (QED) is 0.575. The number of thioether (sulfide) groups is 1. The summed E-state index contributed by atoms with van der Waals surface area (Å²) >= 11 is 1.69. The van der Waals surface area contributed by atoms with E-state index in [1.54, 1.807) is 31.0 Å². The van der Waals surface area contributed by atoms with Gasteiger partial charge in [-0.25, -0.2) is 9.78 Å². The van der Waals surface area contributed by atoms with Crippen LogP contribution in [0, 0.1) is 13.8 Å². The third kappa shape index (κ3) is 4.36. The van der Waals surface area contributed by atoms with E-state index < -0.39 is 0 Å². The molecule has 1 heterocycles. The number of rotatable bonds is 7. The second-order valence-electron chi connectivity index (χ2n) is 5.19. The number of hydrogen-bond acceptors (Lipinski definition) is 5. The molecule has 0 bridgehead atoms. The van der Waals surface area contributed by atoms with E-state index >= 15 is 0 Å². The van der Waals surface area contributed by atoms with Gasteiger partial charge in [0.15, 0.2) is 5.16 Å². The molecule has 0 spiro atoms. The van der Waals surface area contributed by atoms with Crippen LogP contribution >= 0.6 is 11.8 Å². The molecule has 0 aliphatic carbocycles. The Morgan fingerprint density at radius 3 is 2.52 bits per heavy atom. The predicted molar refractivity (Wildman–Crippen MR) is 90.9 cm³/mol. The van der Waals surface area contributed by atoms with E-state index in [-0.39, 0.29) is 5.97 Å². The Bertz CT molecular complexity index is 665. The van der Waals surface area contributed by atoms with Gasteiger partial charge in [0.05, 0.1) is 25.0 Å². The van der Waals surface area contributed by atoms with Gasteiger partial charge >= 0.3 is 5.97 Å². The van der Waals surface area contributed by atoms with E-state index in [1.165, 1.54) is 12.8 Å². The number of ether oxygens (including phenoxy) is 2. The number of imidazole rings is 1.